The number of rotatable bonds is 1. The molecular weight excluding hydrogens is 177 g/mol. The van der Waals surface area contributed by atoms with Crippen LogP contribution in [0.1, 0.15) is 6.42 Å². The highest BCUT2D eigenvalue weighted by atomic mass is 31.1. The first-order valence-corrected chi connectivity index (χ1v) is 5.38. The zero-order chi connectivity index (χ0) is 8.55. The van der Waals surface area contributed by atoms with E-state index in [4.69, 9.17) is 0 Å². The first-order chi connectivity index (χ1) is 5.79. The molecule has 2 rings (SSSR count). The summed E-state index contributed by atoms with van der Waals surface area (Å²) in [6.07, 6.45) is 0.0978. The Bertz CT molecular complexity index is 254. The van der Waals surface area contributed by atoms with Crippen molar-refractivity contribution in [2.75, 3.05) is 0 Å². The van der Waals surface area contributed by atoms with Gasteiger partial charge in [0.2, 0.25) is 0 Å². The van der Waals surface area contributed by atoms with Crippen LogP contribution in [0.4, 0.5) is 8.78 Å². The highest BCUT2D eigenvalue weighted by Crippen LogP contribution is 2.59. The van der Waals surface area contributed by atoms with Crippen LogP contribution < -0.4 is 5.30 Å². The molecule has 0 amide bonds. The van der Waals surface area contributed by atoms with E-state index in [2.05, 4.69) is 0 Å². The second-order valence-electron chi connectivity index (χ2n) is 2.85. The van der Waals surface area contributed by atoms with Crippen LogP contribution in [0.15, 0.2) is 30.3 Å². The molecule has 1 heterocycles. The SMILES string of the molecule is F[C@@H]1C[C@H](F)P1c1ccccc1. The summed E-state index contributed by atoms with van der Waals surface area (Å²) in [5.74, 6) is -1.84. The van der Waals surface area contributed by atoms with Gasteiger partial charge >= 0.3 is 0 Å². The van der Waals surface area contributed by atoms with E-state index < -0.39 is 19.7 Å². The van der Waals surface area contributed by atoms with Crippen LogP contribution in [0.2, 0.25) is 0 Å². The Labute approximate surface area is 71.4 Å². The van der Waals surface area contributed by atoms with E-state index in [1.807, 2.05) is 30.3 Å². The van der Waals surface area contributed by atoms with Crippen molar-refractivity contribution in [1.29, 1.82) is 0 Å². The minimum atomic E-state index is -1.15. The van der Waals surface area contributed by atoms with Gasteiger partial charge in [-0.2, -0.15) is 0 Å². The van der Waals surface area contributed by atoms with Gasteiger partial charge in [-0.15, -0.1) is 0 Å². The molecule has 0 aromatic heterocycles. The van der Waals surface area contributed by atoms with E-state index in [0.717, 1.165) is 5.30 Å². The maximum absolute atomic E-state index is 12.9. The van der Waals surface area contributed by atoms with Crippen molar-refractivity contribution in [2.24, 2.45) is 0 Å². The second-order valence-corrected chi connectivity index (χ2v) is 5.30. The van der Waals surface area contributed by atoms with Gasteiger partial charge in [0.25, 0.3) is 0 Å². The Hall–Kier alpha value is -0.490. The smallest absolute Gasteiger partial charge is 0.129 e. The summed E-state index contributed by atoms with van der Waals surface area (Å²) in [6, 6.07) is 9.14. The molecule has 3 atom stereocenters. The molecule has 1 aromatic rings. The molecule has 0 N–H and O–H groups in total. The van der Waals surface area contributed by atoms with Gasteiger partial charge in [0.1, 0.15) is 11.8 Å². The van der Waals surface area contributed by atoms with Crippen molar-refractivity contribution in [1.82, 2.24) is 0 Å². The molecule has 64 valence electrons. The van der Waals surface area contributed by atoms with E-state index in [1.165, 1.54) is 0 Å². The van der Waals surface area contributed by atoms with E-state index in [1.54, 1.807) is 0 Å². The van der Waals surface area contributed by atoms with Crippen molar-refractivity contribution in [2.45, 2.75) is 18.2 Å². The third-order valence-electron chi connectivity index (χ3n) is 2.05. The molecule has 0 saturated carbocycles. The molecule has 1 unspecified atom stereocenters. The zero-order valence-electron chi connectivity index (χ0n) is 6.45. The second kappa shape index (κ2) is 3.10. The number of alkyl halides is 2. The summed E-state index contributed by atoms with van der Waals surface area (Å²) < 4.78 is 25.8. The molecule has 0 spiro atoms. The Morgan fingerprint density at radius 2 is 1.67 bits per heavy atom. The van der Waals surface area contributed by atoms with Crippen LogP contribution in [0.25, 0.3) is 0 Å². The molecule has 0 bridgehead atoms. The quantitative estimate of drug-likeness (QED) is 0.591. The van der Waals surface area contributed by atoms with E-state index in [-0.39, 0.29) is 6.42 Å². The number of hydrogen-bond acceptors (Lipinski definition) is 0. The Kier molecular flexibility index (Phi) is 2.10. The minimum Gasteiger partial charge on any atom is -0.242 e. The molecule has 0 nitrogen and oxygen atoms in total. The van der Waals surface area contributed by atoms with Gasteiger partial charge in [-0.25, -0.2) is 8.78 Å². The van der Waals surface area contributed by atoms with Crippen LogP contribution >= 0.6 is 7.92 Å². The lowest BCUT2D eigenvalue weighted by Gasteiger charge is -2.35. The Balaban J connectivity index is 2.20. The summed E-state index contributed by atoms with van der Waals surface area (Å²) in [5.41, 5.74) is 0. The van der Waals surface area contributed by atoms with E-state index >= 15 is 0 Å². The molecule has 1 aliphatic rings. The molecule has 12 heavy (non-hydrogen) atoms. The highest BCUT2D eigenvalue weighted by Gasteiger charge is 2.42. The number of hydrogen-bond donors (Lipinski definition) is 0. The highest BCUT2D eigenvalue weighted by molar-refractivity contribution is 7.68. The van der Waals surface area contributed by atoms with Gasteiger partial charge in [-0.3, -0.25) is 0 Å². The first kappa shape index (κ1) is 8.12. The third-order valence-corrected chi connectivity index (χ3v) is 4.57. The predicted octanol–water partition coefficient (Wildman–Crippen LogP) is 2.79. The van der Waals surface area contributed by atoms with E-state index in [9.17, 15) is 8.78 Å². The van der Waals surface area contributed by atoms with Crippen molar-refractivity contribution < 1.29 is 8.78 Å². The predicted molar refractivity (Wildman–Crippen MR) is 47.4 cm³/mol. The Morgan fingerprint density at radius 1 is 1.08 bits per heavy atom. The fraction of sp³-hybridized carbons (Fsp3) is 0.333. The van der Waals surface area contributed by atoms with Gasteiger partial charge in [0, 0.05) is 6.42 Å². The first-order valence-electron chi connectivity index (χ1n) is 3.90. The number of benzene rings is 1. The molecule has 0 aliphatic carbocycles. The van der Waals surface area contributed by atoms with Crippen molar-refractivity contribution >= 4 is 13.2 Å². The van der Waals surface area contributed by atoms with Gasteiger partial charge in [0.05, 0.1) is 0 Å². The van der Waals surface area contributed by atoms with Gasteiger partial charge in [0.15, 0.2) is 0 Å². The Morgan fingerprint density at radius 3 is 2.17 bits per heavy atom. The largest absolute Gasteiger partial charge is 0.242 e. The van der Waals surface area contributed by atoms with Crippen LogP contribution in [-0.4, -0.2) is 11.8 Å². The maximum Gasteiger partial charge on any atom is 0.129 e. The summed E-state index contributed by atoms with van der Waals surface area (Å²) >= 11 is 0. The monoisotopic (exact) mass is 186 g/mol. The third kappa shape index (κ3) is 1.25. The van der Waals surface area contributed by atoms with Crippen molar-refractivity contribution in [3.63, 3.8) is 0 Å². The summed E-state index contributed by atoms with van der Waals surface area (Å²) in [5, 5.41) is 0.846. The van der Waals surface area contributed by atoms with Crippen molar-refractivity contribution in [3.05, 3.63) is 30.3 Å². The molecule has 0 radical (unpaired) electrons. The average Bonchev–Trinajstić information content (AvgIpc) is 2.05. The topological polar surface area (TPSA) is 0 Å². The van der Waals surface area contributed by atoms with Crippen LogP contribution in [0.3, 0.4) is 0 Å². The fourth-order valence-corrected chi connectivity index (χ4v) is 3.30. The molecular formula is C9H9F2P. The van der Waals surface area contributed by atoms with Crippen LogP contribution in [0, 0.1) is 0 Å². The minimum absolute atomic E-state index is 0.0978. The average molecular weight is 186 g/mol. The molecule has 1 saturated heterocycles. The summed E-state index contributed by atoms with van der Waals surface area (Å²) in [7, 11) is -1.15. The van der Waals surface area contributed by atoms with E-state index in [0.29, 0.717) is 0 Å². The lowest BCUT2D eigenvalue weighted by molar-refractivity contribution is 0.291. The zero-order valence-corrected chi connectivity index (χ0v) is 7.35. The van der Waals surface area contributed by atoms with Gasteiger partial charge in [-0.05, 0) is 13.2 Å². The molecule has 1 aromatic carbocycles. The van der Waals surface area contributed by atoms with Gasteiger partial charge < -0.3 is 0 Å². The van der Waals surface area contributed by atoms with Gasteiger partial charge in [-0.1, -0.05) is 30.3 Å². The van der Waals surface area contributed by atoms with Crippen LogP contribution in [-0.2, 0) is 0 Å². The fourth-order valence-electron chi connectivity index (χ4n) is 1.35. The number of halogens is 2. The lowest BCUT2D eigenvalue weighted by Crippen LogP contribution is -2.29. The maximum atomic E-state index is 12.9. The molecule has 1 fully saturated rings. The lowest BCUT2D eigenvalue weighted by atomic mass is 10.4. The normalized spacial score (nSPS) is 34.3. The molecule has 1 aliphatic heterocycles. The van der Waals surface area contributed by atoms with Crippen molar-refractivity contribution in [3.8, 4) is 0 Å². The standard InChI is InChI=1S/C9H9F2P/c10-8-6-9(11)12(8)7-4-2-1-3-5-7/h1-5,8-9H,6H2/t8-,9+,12?. The summed E-state index contributed by atoms with van der Waals surface area (Å²) in [4.78, 5) is 0. The molecule has 3 heteroatoms. The summed E-state index contributed by atoms with van der Waals surface area (Å²) in [6.45, 7) is 0. The van der Waals surface area contributed by atoms with Crippen LogP contribution in [0.5, 0.6) is 0 Å².